The number of carbonyl (C=O) groups is 1. The van der Waals surface area contributed by atoms with Crippen molar-refractivity contribution in [2.45, 2.75) is 57.6 Å². The second-order valence-electron chi connectivity index (χ2n) is 8.37. The zero-order valence-corrected chi connectivity index (χ0v) is 16.0. The summed E-state index contributed by atoms with van der Waals surface area (Å²) < 4.78 is 37.7. The lowest BCUT2D eigenvalue weighted by atomic mass is 9.80. The summed E-state index contributed by atoms with van der Waals surface area (Å²) in [6.07, 6.45) is 1.24. The number of aromatic nitrogens is 1. The Balaban J connectivity index is 1.40. The predicted molar refractivity (Wildman–Crippen MR) is 93.4 cm³/mol. The molecular formula is C19H27F2N3O3. The summed E-state index contributed by atoms with van der Waals surface area (Å²) in [7, 11) is 0. The molecule has 0 N–H and O–H groups in total. The second kappa shape index (κ2) is 6.81. The minimum atomic E-state index is -2.67. The highest BCUT2D eigenvalue weighted by Crippen LogP contribution is 2.43. The molecular weight excluding hydrogens is 356 g/mol. The van der Waals surface area contributed by atoms with Gasteiger partial charge in [-0.25, -0.2) is 8.78 Å². The van der Waals surface area contributed by atoms with Crippen molar-refractivity contribution < 1.29 is 22.8 Å². The molecule has 4 rings (SSSR count). The molecule has 3 fully saturated rings. The van der Waals surface area contributed by atoms with Crippen molar-refractivity contribution in [1.29, 1.82) is 0 Å². The molecule has 1 amide bonds. The molecule has 0 radical (unpaired) electrons. The Hall–Kier alpha value is -1.54. The van der Waals surface area contributed by atoms with Gasteiger partial charge in [-0.3, -0.25) is 9.69 Å². The Morgan fingerprint density at radius 3 is 2.70 bits per heavy atom. The van der Waals surface area contributed by atoms with Crippen LogP contribution in [0.3, 0.4) is 0 Å². The standard InChI is InChI=1S/C19H27F2N3O3/c1-13-16(14(2)27-22-13)10-23-5-3-4-18(11-23)12-24(6-7-26-18)17(25)15-8-19(20,21)9-15/h15H,3-12H2,1-2H3. The lowest BCUT2D eigenvalue weighted by molar-refractivity contribution is -0.179. The van der Waals surface area contributed by atoms with Crippen molar-refractivity contribution in [2.75, 3.05) is 32.8 Å². The van der Waals surface area contributed by atoms with Crippen molar-refractivity contribution in [3.05, 3.63) is 17.0 Å². The largest absolute Gasteiger partial charge is 0.370 e. The Morgan fingerprint density at radius 2 is 2.04 bits per heavy atom. The van der Waals surface area contributed by atoms with Gasteiger partial charge in [0.1, 0.15) is 5.76 Å². The molecule has 3 aliphatic rings. The highest BCUT2D eigenvalue weighted by atomic mass is 19.3. The van der Waals surface area contributed by atoms with Gasteiger partial charge in [0, 0.05) is 44.0 Å². The number of nitrogens with zero attached hydrogens (tertiary/aromatic N) is 3. The van der Waals surface area contributed by atoms with Gasteiger partial charge in [-0.15, -0.1) is 0 Å². The van der Waals surface area contributed by atoms with Crippen LogP contribution in [0.15, 0.2) is 4.52 Å². The van der Waals surface area contributed by atoms with Crippen LogP contribution in [0, 0.1) is 19.8 Å². The molecule has 1 aliphatic carbocycles. The van der Waals surface area contributed by atoms with Gasteiger partial charge in [0.2, 0.25) is 11.8 Å². The quantitative estimate of drug-likeness (QED) is 0.803. The first-order valence-electron chi connectivity index (χ1n) is 9.72. The molecule has 2 saturated heterocycles. The number of aryl methyl sites for hydroxylation is 2. The van der Waals surface area contributed by atoms with Gasteiger partial charge < -0.3 is 14.2 Å². The van der Waals surface area contributed by atoms with Gasteiger partial charge in [0.15, 0.2) is 0 Å². The zero-order chi connectivity index (χ0) is 19.2. The van der Waals surface area contributed by atoms with E-state index in [9.17, 15) is 13.6 Å². The van der Waals surface area contributed by atoms with E-state index in [1.54, 1.807) is 4.90 Å². The third-order valence-corrected chi connectivity index (χ3v) is 6.18. The third-order valence-electron chi connectivity index (χ3n) is 6.18. The molecule has 1 saturated carbocycles. The fraction of sp³-hybridized carbons (Fsp3) is 0.789. The Morgan fingerprint density at radius 1 is 1.26 bits per heavy atom. The van der Waals surface area contributed by atoms with Crippen molar-refractivity contribution in [3.63, 3.8) is 0 Å². The maximum atomic E-state index is 13.1. The molecule has 150 valence electrons. The molecule has 1 unspecified atom stereocenters. The van der Waals surface area contributed by atoms with Gasteiger partial charge in [0.25, 0.3) is 0 Å². The summed E-state index contributed by atoms with van der Waals surface area (Å²) in [5.41, 5.74) is 1.60. The number of hydrogen-bond acceptors (Lipinski definition) is 5. The van der Waals surface area contributed by atoms with E-state index in [4.69, 9.17) is 9.26 Å². The average molecular weight is 383 g/mol. The Labute approximate surface area is 157 Å². The maximum Gasteiger partial charge on any atom is 0.249 e. The van der Waals surface area contributed by atoms with Crippen LogP contribution in [0.5, 0.6) is 0 Å². The van der Waals surface area contributed by atoms with Gasteiger partial charge in [-0.1, -0.05) is 5.16 Å². The lowest BCUT2D eigenvalue weighted by Gasteiger charge is -2.49. The number of morpholine rings is 1. The van der Waals surface area contributed by atoms with Crippen molar-refractivity contribution in [2.24, 2.45) is 5.92 Å². The van der Waals surface area contributed by atoms with Crippen LogP contribution in [0.4, 0.5) is 8.78 Å². The van der Waals surface area contributed by atoms with Crippen LogP contribution in [0.25, 0.3) is 0 Å². The Bertz CT molecular complexity index is 692. The van der Waals surface area contributed by atoms with E-state index >= 15 is 0 Å². The summed E-state index contributed by atoms with van der Waals surface area (Å²) in [6.45, 7) is 7.74. The van der Waals surface area contributed by atoms with Crippen molar-refractivity contribution >= 4 is 5.91 Å². The summed E-state index contributed by atoms with van der Waals surface area (Å²) in [5.74, 6) is -2.50. The Kier molecular flexibility index (Phi) is 4.74. The lowest BCUT2D eigenvalue weighted by Crippen LogP contribution is -2.62. The van der Waals surface area contributed by atoms with Crippen LogP contribution < -0.4 is 0 Å². The van der Waals surface area contributed by atoms with E-state index in [1.165, 1.54) is 0 Å². The van der Waals surface area contributed by atoms with Crippen LogP contribution in [0.1, 0.15) is 42.7 Å². The molecule has 0 bridgehead atoms. The second-order valence-corrected chi connectivity index (χ2v) is 8.37. The number of amides is 1. The number of carbonyl (C=O) groups excluding carboxylic acids is 1. The molecule has 1 spiro atoms. The number of halogens is 2. The first kappa shape index (κ1) is 18.8. The summed E-state index contributed by atoms with van der Waals surface area (Å²) in [5, 5.41) is 4.02. The first-order chi connectivity index (χ1) is 12.8. The molecule has 27 heavy (non-hydrogen) atoms. The number of hydrogen-bond donors (Lipinski definition) is 0. The van der Waals surface area contributed by atoms with Crippen LogP contribution in [-0.4, -0.2) is 65.2 Å². The first-order valence-corrected chi connectivity index (χ1v) is 9.72. The molecule has 6 nitrogen and oxygen atoms in total. The maximum absolute atomic E-state index is 13.1. The van der Waals surface area contributed by atoms with Crippen LogP contribution in [-0.2, 0) is 16.1 Å². The molecule has 2 aliphatic heterocycles. The average Bonchev–Trinajstić information content (AvgIpc) is 2.91. The normalized spacial score (nSPS) is 29.1. The van der Waals surface area contributed by atoms with Gasteiger partial charge >= 0.3 is 0 Å². The molecule has 1 atom stereocenters. The zero-order valence-electron chi connectivity index (χ0n) is 16.0. The highest BCUT2D eigenvalue weighted by molar-refractivity contribution is 5.80. The molecule has 3 heterocycles. The summed E-state index contributed by atoms with van der Waals surface area (Å²) in [4.78, 5) is 16.7. The summed E-state index contributed by atoms with van der Waals surface area (Å²) >= 11 is 0. The topological polar surface area (TPSA) is 58.8 Å². The van der Waals surface area contributed by atoms with E-state index in [0.717, 1.165) is 49.5 Å². The van der Waals surface area contributed by atoms with Gasteiger partial charge in [-0.05, 0) is 33.2 Å². The number of ether oxygens (including phenoxy) is 1. The SMILES string of the molecule is Cc1noc(C)c1CN1CCCC2(C1)CN(C(=O)C1CC(F)(F)C1)CCO2. The minimum absolute atomic E-state index is 0.133. The molecule has 1 aromatic heterocycles. The fourth-order valence-electron chi connectivity index (χ4n) is 4.65. The van der Waals surface area contributed by atoms with E-state index in [0.29, 0.717) is 19.7 Å². The predicted octanol–water partition coefficient (Wildman–Crippen LogP) is 2.53. The number of rotatable bonds is 3. The van der Waals surface area contributed by atoms with E-state index in [1.807, 2.05) is 13.8 Å². The van der Waals surface area contributed by atoms with Gasteiger partial charge in [0.05, 0.1) is 24.4 Å². The smallest absolute Gasteiger partial charge is 0.249 e. The molecule has 0 aromatic carbocycles. The van der Waals surface area contributed by atoms with Crippen LogP contribution >= 0.6 is 0 Å². The number of piperidine rings is 1. The summed E-state index contributed by atoms with van der Waals surface area (Å²) in [6, 6.07) is 0. The van der Waals surface area contributed by atoms with Crippen molar-refractivity contribution in [1.82, 2.24) is 15.0 Å². The monoisotopic (exact) mass is 383 g/mol. The minimum Gasteiger partial charge on any atom is -0.370 e. The van der Waals surface area contributed by atoms with Crippen molar-refractivity contribution in [3.8, 4) is 0 Å². The molecule has 8 heteroatoms. The third kappa shape index (κ3) is 3.74. The van der Waals surface area contributed by atoms with E-state index < -0.39 is 17.4 Å². The van der Waals surface area contributed by atoms with Crippen LogP contribution in [0.2, 0.25) is 0 Å². The van der Waals surface area contributed by atoms with E-state index in [-0.39, 0.29) is 18.7 Å². The molecule has 1 aromatic rings. The van der Waals surface area contributed by atoms with Gasteiger partial charge in [-0.2, -0.15) is 0 Å². The number of likely N-dealkylation sites (tertiary alicyclic amines) is 1. The van der Waals surface area contributed by atoms with E-state index in [2.05, 4.69) is 10.1 Å². The fourth-order valence-corrected chi connectivity index (χ4v) is 4.65. The highest BCUT2D eigenvalue weighted by Gasteiger charge is 2.51. The number of alkyl halides is 2.